The maximum atomic E-state index is 10.6. The Kier molecular flexibility index (Phi) is 1.25. The second-order valence-electron chi connectivity index (χ2n) is 5.07. The largest absolute Gasteiger partial charge is 0.303 e. The highest BCUT2D eigenvalue weighted by Crippen LogP contribution is 2.72. The van der Waals surface area contributed by atoms with Crippen LogP contribution >= 0.6 is 0 Å². The van der Waals surface area contributed by atoms with Crippen LogP contribution in [0.15, 0.2) is 0 Å². The van der Waals surface area contributed by atoms with Crippen molar-refractivity contribution in [1.82, 2.24) is 0 Å². The molecular weight excluding hydrogens is 136 g/mol. The van der Waals surface area contributed by atoms with Gasteiger partial charge in [-0.2, -0.15) is 0 Å². The Morgan fingerprint density at radius 3 is 2.55 bits per heavy atom. The fourth-order valence-electron chi connectivity index (χ4n) is 2.18. The molecule has 0 radical (unpaired) electrons. The van der Waals surface area contributed by atoms with Crippen LogP contribution in [0.3, 0.4) is 0 Å². The summed E-state index contributed by atoms with van der Waals surface area (Å²) in [5.41, 5.74) is 0.705. The van der Waals surface area contributed by atoms with Gasteiger partial charge >= 0.3 is 0 Å². The molecule has 0 bridgehead atoms. The molecule has 0 amide bonds. The van der Waals surface area contributed by atoms with Gasteiger partial charge in [0.15, 0.2) is 0 Å². The first-order valence-corrected chi connectivity index (χ1v) is 4.54. The topological polar surface area (TPSA) is 17.1 Å². The fraction of sp³-hybridized carbons (Fsp3) is 0.900. The smallest absolute Gasteiger partial charge is 0.125 e. The Morgan fingerprint density at radius 1 is 1.55 bits per heavy atom. The van der Waals surface area contributed by atoms with E-state index in [1.807, 2.05) is 0 Å². The maximum absolute atomic E-state index is 10.6. The van der Waals surface area contributed by atoms with E-state index in [0.717, 1.165) is 24.0 Å². The lowest BCUT2D eigenvalue weighted by atomic mass is 9.88. The van der Waals surface area contributed by atoms with E-state index in [9.17, 15) is 4.79 Å². The van der Waals surface area contributed by atoms with Crippen molar-refractivity contribution < 1.29 is 4.79 Å². The molecule has 1 heteroatoms. The van der Waals surface area contributed by atoms with Gasteiger partial charge in [0.05, 0.1) is 0 Å². The summed E-state index contributed by atoms with van der Waals surface area (Å²) in [5, 5.41) is 0. The first-order chi connectivity index (χ1) is 5.08. The van der Waals surface area contributed by atoms with Crippen LogP contribution in [-0.2, 0) is 4.79 Å². The number of carbonyl (C=O) groups excluding carboxylic acids is 1. The van der Waals surface area contributed by atoms with Gasteiger partial charge in [0.1, 0.15) is 6.29 Å². The Bertz CT molecular complexity index is 189. The minimum atomic E-state index is -0.0588. The Balaban J connectivity index is 1.86. The quantitative estimate of drug-likeness (QED) is 0.567. The Morgan fingerprint density at radius 2 is 2.18 bits per heavy atom. The summed E-state index contributed by atoms with van der Waals surface area (Å²) in [7, 11) is 0. The lowest BCUT2D eigenvalue weighted by Crippen LogP contribution is -2.14. The molecule has 0 saturated heterocycles. The molecule has 1 atom stereocenters. The van der Waals surface area contributed by atoms with E-state index in [0.29, 0.717) is 0 Å². The van der Waals surface area contributed by atoms with Crippen LogP contribution in [0.5, 0.6) is 0 Å². The molecule has 2 rings (SSSR count). The third-order valence-corrected chi connectivity index (χ3v) is 3.34. The molecule has 11 heavy (non-hydrogen) atoms. The zero-order valence-electron chi connectivity index (χ0n) is 7.39. The predicted octanol–water partition coefficient (Wildman–Crippen LogP) is 2.40. The van der Waals surface area contributed by atoms with Gasteiger partial charge in [0.2, 0.25) is 0 Å². The summed E-state index contributed by atoms with van der Waals surface area (Å²) in [6, 6.07) is 0. The maximum Gasteiger partial charge on any atom is 0.125 e. The highest BCUT2D eigenvalue weighted by Gasteiger charge is 2.62. The van der Waals surface area contributed by atoms with Gasteiger partial charge in [0, 0.05) is 5.41 Å². The SMILES string of the molecule is CC(C)(C=O)CC1CC12CC2. The summed E-state index contributed by atoms with van der Waals surface area (Å²) in [6.07, 6.45) is 6.52. The zero-order valence-corrected chi connectivity index (χ0v) is 7.39. The van der Waals surface area contributed by atoms with Crippen LogP contribution in [0.4, 0.5) is 0 Å². The molecule has 2 aliphatic rings. The standard InChI is InChI=1S/C10H16O/c1-9(2,7-11)5-8-6-10(8)3-4-10/h7-8H,3-6H2,1-2H3. The van der Waals surface area contributed by atoms with Gasteiger partial charge in [-0.3, -0.25) is 0 Å². The molecule has 1 nitrogen and oxygen atoms in total. The van der Waals surface area contributed by atoms with E-state index >= 15 is 0 Å². The highest BCUT2D eigenvalue weighted by molar-refractivity contribution is 5.58. The molecule has 1 unspecified atom stereocenters. The van der Waals surface area contributed by atoms with Crippen LogP contribution in [0.25, 0.3) is 0 Å². The summed E-state index contributed by atoms with van der Waals surface area (Å²) in [4.78, 5) is 10.6. The molecule has 0 aromatic rings. The van der Waals surface area contributed by atoms with E-state index in [-0.39, 0.29) is 5.41 Å². The van der Waals surface area contributed by atoms with Crippen molar-refractivity contribution in [2.24, 2.45) is 16.7 Å². The molecule has 0 aromatic heterocycles. The van der Waals surface area contributed by atoms with Crippen LogP contribution in [0.2, 0.25) is 0 Å². The summed E-state index contributed by atoms with van der Waals surface area (Å²) in [6.45, 7) is 4.10. The average molecular weight is 152 g/mol. The molecular formula is C10H16O. The van der Waals surface area contributed by atoms with Crippen molar-refractivity contribution in [3.8, 4) is 0 Å². The lowest BCUT2D eigenvalue weighted by Gasteiger charge is -2.15. The van der Waals surface area contributed by atoms with Crippen molar-refractivity contribution in [2.75, 3.05) is 0 Å². The molecule has 0 aromatic carbocycles. The molecule has 0 N–H and O–H groups in total. The number of hydrogen-bond donors (Lipinski definition) is 0. The second-order valence-corrected chi connectivity index (χ2v) is 5.07. The molecule has 0 heterocycles. The second kappa shape index (κ2) is 1.88. The molecule has 2 saturated carbocycles. The van der Waals surface area contributed by atoms with Gasteiger partial charge in [-0.05, 0) is 37.0 Å². The summed E-state index contributed by atoms with van der Waals surface area (Å²) in [5.74, 6) is 0.891. The molecule has 0 aliphatic heterocycles. The predicted molar refractivity (Wildman–Crippen MR) is 44.2 cm³/mol. The molecule has 62 valence electrons. The molecule has 1 spiro atoms. The van der Waals surface area contributed by atoms with Crippen molar-refractivity contribution in [2.45, 2.75) is 39.5 Å². The first kappa shape index (κ1) is 7.33. The van der Waals surface area contributed by atoms with Gasteiger partial charge in [-0.15, -0.1) is 0 Å². The lowest BCUT2D eigenvalue weighted by molar-refractivity contribution is -0.115. The van der Waals surface area contributed by atoms with Crippen LogP contribution in [0.1, 0.15) is 39.5 Å². The van der Waals surface area contributed by atoms with Crippen molar-refractivity contribution in [3.05, 3.63) is 0 Å². The Labute approximate surface area is 68.2 Å². The summed E-state index contributed by atoms with van der Waals surface area (Å²) >= 11 is 0. The first-order valence-electron chi connectivity index (χ1n) is 4.54. The van der Waals surface area contributed by atoms with E-state index in [4.69, 9.17) is 0 Å². The van der Waals surface area contributed by atoms with E-state index in [1.54, 1.807) is 0 Å². The summed E-state index contributed by atoms with van der Waals surface area (Å²) < 4.78 is 0. The van der Waals surface area contributed by atoms with Crippen molar-refractivity contribution in [1.29, 1.82) is 0 Å². The van der Waals surface area contributed by atoms with E-state index in [2.05, 4.69) is 13.8 Å². The van der Waals surface area contributed by atoms with Gasteiger partial charge < -0.3 is 4.79 Å². The van der Waals surface area contributed by atoms with Crippen LogP contribution in [0, 0.1) is 16.7 Å². The minimum Gasteiger partial charge on any atom is -0.303 e. The van der Waals surface area contributed by atoms with Crippen LogP contribution in [-0.4, -0.2) is 6.29 Å². The van der Waals surface area contributed by atoms with Gasteiger partial charge in [-0.1, -0.05) is 13.8 Å². The van der Waals surface area contributed by atoms with Crippen molar-refractivity contribution >= 4 is 6.29 Å². The third kappa shape index (κ3) is 1.21. The number of aldehydes is 1. The van der Waals surface area contributed by atoms with E-state index in [1.165, 1.54) is 19.3 Å². The monoisotopic (exact) mass is 152 g/mol. The van der Waals surface area contributed by atoms with Crippen LogP contribution < -0.4 is 0 Å². The average Bonchev–Trinajstić information content (AvgIpc) is 2.78. The highest BCUT2D eigenvalue weighted by atomic mass is 16.1. The fourth-order valence-corrected chi connectivity index (χ4v) is 2.18. The number of hydrogen-bond acceptors (Lipinski definition) is 1. The zero-order chi connectivity index (χ0) is 8.11. The third-order valence-electron chi connectivity index (χ3n) is 3.34. The van der Waals surface area contributed by atoms with Crippen molar-refractivity contribution in [3.63, 3.8) is 0 Å². The molecule has 2 fully saturated rings. The normalized spacial score (nSPS) is 32.0. The van der Waals surface area contributed by atoms with E-state index < -0.39 is 0 Å². The molecule has 2 aliphatic carbocycles. The minimum absolute atomic E-state index is 0.0588. The number of rotatable bonds is 3. The van der Waals surface area contributed by atoms with Gasteiger partial charge in [-0.25, -0.2) is 0 Å². The Hall–Kier alpha value is -0.330. The number of carbonyl (C=O) groups is 1. The van der Waals surface area contributed by atoms with Gasteiger partial charge in [0.25, 0.3) is 0 Å².